The molecule has 3 heterocycles. The summed E-state index contributed by atoms with van der Waals surface area (Å²) < 4.78 is 17.5. The first-order valence-electron chi connectivity index (χ1n) is 10.6. The van der Waals surface area contributed by atoms with E-state index in [-0.39, 0.29) is 10.9 Å². The molecule has 9 nitrogen and oxygen atoms in total. The Labute approximate surface area is 204 Å². The van der Waals surface area contributed by atoms with Gasteiger partial charge in [0.1, 0.15) is 11.6 Å². The summed E-state index contributed by atoms with van der Waals surface area (Å²) in [6, 6.07) is 10.8. The van der Waals surface area contributed by atoms with E-state index >= 15 is 0 Å². The lowest BCUT2D eigenvalue weighted by atomic mass is 10.0. The highest BCUT2D eigenvalue weighted by Crippen LogP contribution is 2.26. The number of nitrogens with zero attached hydrogens (tertiary/aromatic N) is 6. The number of hydrogen-bond acceptors (Lipinski definition) is 6. The van der Waals surface area contributed by atoms with Crippen LogP contribution in [0.5, 0.6) is 0 Å². The predicted octanol–water partition coefficient (Wildman–Crippen LogP) is 4.15. The van der Waals surface area contributed by atoms with Gasteiger partial charge in [-0.1, -0.05) is 23.7 Å². The minimum absolute atomic E-state index is 0.00904. The number of aromatic nitrogens is 6. The SMILES string of the molecule is Cn1cc([C@@H](NC(=O)c2ccc3cnc(Nc4ccnn4C)nc3c2)c2ccc(Cl)c(F)c2)cn1. The molecule has 35 heavy (non-hydrogen) atoms. The summed E-state index contributed by atoms with van der Waals surface area (Å²) >= 11 is 5.86. The first-order valence-corrected chi connectivity index (χ1v) is 11.0. The van der Waals surface area contributed by atoms with Gasteiger partial charge in [-0.2, -0.15) is 10.2 Å². The number of fused-ring (bicyclic) bond motifs is 1. The van der Waals surface area contributed by atoms with Crippen LogP contribution in [0.25, 0.3) is 10.9 Å². The number of anilines is 2. The van der Waals surface area contributed by atoms with Gasteiger partial charge in [-0.15, -0.1) is 0 Å². The number of carbonyl (C=O) groups excluding carboxylic acids is 1. The van der Waals surface area contributed by atoms with Crippen LogP contribution in [-0.4, -0.2) is 35.4 Å². The van der Waals surface area contributed by atoms with Crippen molar-refractivity contribution in [1.29, 1.82) is 0 Å². The Morgan fingerprint density at radius 2 is 1.91 bits per heavy atom. The highest BCUT2D eigenvalue weighted by molar-refractivity contribution is 6.30. The number of benzene rings is 2. The number of amides is 1. The molecule has 1 atom stereocenters. The topological polar surface area (TPSA) is 103 Å². The van der Waals surface area contributed by atoms with Crippen LogP contribution in [0.15, 0.2) is 67.3 Å². The van der Waals surface area contributed by atoms with Crippen molar-refractivity contribution in [2.24, 2.45) is 14.1 Å². The zero-order chi connectivity index (χ0) is 24.5. The second kappa shape index (κ2) is 9.15. The standard InChI is InChI=1S/C24H20ClFN8O/c1-33-13-17(12-29-33)22(14-5-6-18(25)19(26)9-14)32-23(35)15-3-4-16-11-27-24(30-20(16)10-15)31-21-7-8-28-34(21)2/h3-13,22H,1-2H3,(H,32,35)(H,27,30,31)/t22-/m0/s1. The van der Waals surface area contributed by atoms with E-state index in [1.54, 1.807) is 78.6 Å². The maximum absolute atomic E-state index is 14.2. The number of nitrogens with one attached hydrogen (secondary N) is 2. The smallest absolute Gasteiger partial charge is 0.252 e. The van der Waals surface area contributed by atoms with Crippen molar-refractivity contribution in [2.75, 3.05) is 5.32 Å². The summed E-state index contributed by atoms with van der Waals surface area (Å²) in [5.74, 6) is 0.190. The Morgan fingerprint density at radius 3 is 2.63 bits per heavy atom. The van der Waals surface area contributed by atoms with Crippen molar-refractivity contribution in [3.63, 3.8) is 0 Å². The molecule has 1 amide bonds. The van der Waals surface area contributed by atoms with Gasteiger partial charge in [0.2, 0.25) is 5.95 Å². The molecule has 0 saturated carbocycles. The lowest BCUT2D eigenvalue weighted by molar-refractivity contribution is 0.0943. The average molecular weight is 491 g/mol. The third-order valence-electron chi connectivity index (χ3n) is 5.52. The Balaban J connectivity index is 1.45. The van der Waals surface area contributed by atoms with Gasteiger partial charge in [-0.05, 0) is 29.8 Å². The second-order valence-corrected chi connectivity index (χ2v) is 8.37. The van der Waals surface area contributed by atoms with Crippen molar-refractivity contribution in [3.8, 4) is 0 Å². The van der Waals surface area contributed by atoms with Gasteiger partial charge in [0.05, 0.1) is 29.0 Å². The van der Waals surface area contributed by atoms with Crippen LogP contribution in [0.1, 0.15) is 27.5 Å². The third kappa shape index (κ3) is 4.69. The van der Waals surface area contributed by atoms with Gasteiger partial charge in [0, 0.05) is 49.1 Å². The summed E-state index contributed by atoms with van der Waals surface area (Å²) in [6.07, 6.45) is 6.73. The molecule has 0 aliphatic rings. The molecule has 0 bridgehead atoms. The first-order chi connectivity index (χ1) is 16.9. The van der Waals surface area contributed by atoms with Gasteiger partial charge in [0.25, 0.3) is 5.91 Å². The Kier molecular flexibility index (Phi) is 5.87. The number of aryl methyl sites for hydroxylation is 2. The van der Waals surface area contributed by atoms with E-state index in [4.69, 9.17) is 11.6 Å². The van der Waals surface area contributed by atoms with Crippen molar-refractivity contribution >= 4 is 40.2 Å². The van der Waals surface area contributed by atoms with Crippen molar-refractivity contribution < 1.29 is 9.18 Å². The van der Waals surface area contributed by atoms with Crippen LogP contribution >= 0.6 is 11.6 Å². The van der Waals surface area contributed by atoms with Gasteiger partial charge < -0.3 is 10.6 Å². The molecule has 5 rings (SSSR count). The molecule has 0 unspecified atom stereocenters. The molecule has 0 radical (unpaired) electrons. The van der Waals surface area contributed by atoms with Gasteiger partial charge in [0.15, 0.2) is 0 Å². The molecule has 0 spiro atoms. The van der Waals surface area contributed by atoms with E-state index in [1.807, 2.05) is 0 Å². The Hall–Kier alpha value is -4.31. The quantitative estimate of drug-likeness (QED) is 0.370. The van der Waals surface area contributed by atoms with Crippen LogP contribution in [0, 0.1) is 5.82 Å². The van der Waals surface area contributed by atoms with Crippen LogP contribution in [0.2, 0.25) is 5.02 Å². The van der Waals surface area contributed by atoms with Crippen LogP contribution in [0.3, 0.4) is 0 Å². The van der Waals surface area contributed by atoms with Crippen LogP contribution in [-0.2, 0) is 14.1 Å². The largest absolute Gasteiger partial charge is 0.341 e. The molecular formula is C24H20ClFN8O. The summed E-state index contributed by atoms with van der Waals surface area (Å²) in [4.78, 5) is 22.1. The minimum atomic E-state index is -0.633. The average Bonchev–Trinajstić information content (AvgIpc) is 3.46. The molecule has 176 valence electrons. The van der Waals surface area contributed by atoms with E-state index in [0.717, 1.165) is 11.2 Å². The van der Waals surface area contributed by atoms with Crippen molar-refractivity contribution in [1.82, 2.24) is 34.8 Å². The normalized spacial score (nSPS) is 12.0. The molecule has 0 fully saturated rings. The van der Waals surface area contributed by atoms with Crippen LogP contribution in [0.4, 0.5) is 16.2 Å². The van der Waals surface area contributed by atoms with E-state index in [9.17, 15) is 9.18 Å². The Bertz CT molecular complexity index is 1550. The maximum Gasteiger partial charge on any atom is 0.252 e. The van der Waals surface area contributed by atoms with Gasteiger partial charge in [-0.25, -0.2) is 14.4 Å². The minimum Gasteiger partial charge on any atom is -0.341 e. The monoisotopic (exact) mass is 490 g/mol. The predicted molar refractivity (Wildman–Crippen MR) is 130 cm³/mol. The highest BCUT2D eigenvalue weighted by atomic mass is 35.5. The van der Waals surface area contributed by atoms with Gasteiger partial charge >= 0.3 is 0 Å². The number of carbonyl (C=O) groups is 1. The maximum atomic E-state index is 14.2. The number of halogens is 2. The van der Waals surface area contributed by atoms with Gasteiger partial charge in [-0.3, -0.25) is 14.2 Å². The Morgan fingerprint density at radius 1 is 1.06 bits per heavy atom. The van der Waals surface area contributed by atoms with E-state index in [0.29, 0.717) is 28.2 Å². The fourth-order valence-electron chi connectivity index (χ4n) is 3.69. The van der Waals surface area contributed by atoms with E-state index in [2.05, 4.69) is 30.8 Å². The fraction of sp³-hybridized carbons (Fsp3) is 0.125. The van der Waals surface area contributed by atoms with Crippen molar-refractivity contribution in [3.05, 3.63) is 94.8 Å². The molecule has 0 saturated heterocycles. The lowest BCUT2D eigenvalue weighted by Crippen LogP contribution is -2.29. The molecule has 3 aromatic heterocycles. The summed E-state index contributed by atoms with van der Waals surface area (Å²) in [7, 11) is 3.57. The zero-order valence-electron chi connectivity index (χ0n) is 18.8. The summed E-state index contributed by atoms with van der Waals surface area (Å²) in [5.41, 5.74) is 2.23. The molecule has 0 aliphatic heterocycles. The third-order valence-corrected chi connectivity index (χ3v) is 5.82. The molecule has 2 N–H and O–H groups in total. The summed E-state index contributed by atoms with van der Waals surface area (Å²) in [5, 5.41) is 15.2. The summed E-state index contributed by atoms with van der Waals surface area (Å²) in [6.45, 7) is 0. The highest BCUT2D eigenvalue weighted by Gasteiger charge is 2.21. The lowest BCUT2D eigenvalue weighted by Gasteiger charge is -2.19. The van der Waals surface area contributed by atoms with Crippen molar-refractivity contribution in [2.45, 2.75) is 6.04 Å². The number of rotatable bonds is 6. The fourth-order valence-corrected chi connectivity index (χ4v) is 3.81. The van der Waals surface area contributed by atoms with Crippen LogP contribution < -0.4 is 10.6 Å². The van der Waals surface area contributed by atoms with E-state index < -0.39 is 11.9 Å². The van der Waals surface area contributed by atoms with E-state index in [1.165, 1.54) is 12.1 Å². The zero-order valence-corrected chi connectivity index (χ0v) is 19.5. The molecule has 5 aromatic rings. The second-order valence-electron chi connectivity index (χ2n) is 7.96. The number of hydrogen-bond donors (Lipinski definition) is 2. The first kappa shape index (κ1) is 22.5. The molecule has 0 aliphatic carbocycles. The molecular weight excluding hydrogens is 471 g/mol. The molecule has 11 heteroatoms. The molecule has 2 aromatic carbocycles.